The van der Waals surface area contributed by atoms with Crippen LogP contribution in [-0.4, -0.2) is 10.9 Å². The number of carbonyl (C=O) groups excluding carboxylic acids is 1. The van der Waals surface area contributed by atoms with Crippen LogP contribution in [0, 0.1) is 6.92 Å². The van der Waals surface area contributed by atoms with Gasteiger partial charge in [-0.15, -0.1) is 0 Å². The van der Waals surface area contributed by atoms with Crippen LogP contribution in [0.15, 0.2) is 18.2 Å². The molecule has 1 aromatic rings. The van der Waals surface area contributed by atoms with Crippen molar-refractivity contribution in [1.29, 1.82) is 0 Å². The fourth-order valence-corrected chi connectivity index (χ4v) is 1.67. The molecule has 0 saturated heterocycles. The third-order valence-electron chi connectivity index (χ3n) is 2.34. The maximum atomic E-state index is 11.6. The minimum atomic E-state index is -0.156. The largest absolute Gasteiger partial charge is 0.393 e. The van der Waals surface area contributed by atoms with E-state index in [1.807, 2.05) is 25.1 Å². The van der Waals surface area contributed by atoms with Crippen molar-refractivity contribution in [2.75, 3.05) is 5.32 Å². The Morgan fingerprint density at radius 2 is 2.19 bits per heavy atom. The van der Waals surface area contributed by atoms with E-state index < -0.39 is 0 Å². The fourth-order valence-electron chi connectivity index (χ4n) is 1.54. The van der Waals surface area contributed by atoms with Crippen LogP contribution in [-0.2, 0) is 11.2 Å². The summed E-state index contributed by atoms with van der Waals surface area (Å²) in [4.78, 5) is 11.8. The van der Waals surface area contributed by atoms with Crippen LogP contribution < -0.4 is 11.1 Å². The van der Waals surface area contributed by atoms with E-state index in [0.717, 1.165) is 23.2 Å². The number of nitrogens with one attached hydrogen (secondary N) is 1. The van der Waals surface area contributed by atoms with E-state index in [2.05, 4.69) is 12.2 Å². The number of rotatable bonds is 4. The predicted octanol–water partition coefficient (Wildman–Crippen LogP) is 2.17. The first-order valence-corrected chi connectivity index (χ1v) is 5.62. The molecule has 0 aliphatic carbocycles. The second kappa shape index (κ2) is 5.61. The summed E-state index contributed by atoms with van der Waals surface area (Å²) in [6, 6.07) is 5.95. The number of para-hydroxylation sites is 1. The molecule has 0 fully saturated rings. The summed E-state index contributed by atoms with van der Waals surface area (Å²) in [6.07, 6.45) is 0.969. The van der Waals surface area contributed by atoms with Crippen molar-refractivity contribution in [3.05, 3.63) is 29.3 Å². The molecular weight excluding hydrogens is 220 g/mol. The Morgan fingerprint density at radius 3 is 2.75 bits per heavy atom. The van der Waals surface area contributed by atoms with Gasteiger partial charge in [-0.2, -0.15) is 0 Å². The highest BCUT2D eigenvalue weighted by Gasteiger charge is 2.08. The highest BCUT2D eigenvalue weighted by molar-refractivity contribution is 7.80. The molecule has 86 valence electrons. The molecule has 16 heavy (non-hydrogen) atoms. The molecule has 1 aromatic carbocycles. The third-order valence-corrected chi connectivity index (χ3v) is 2.48. The van der Waals surface area contributed by atoms with Gasteiger partial charge in [0.1, 0.15) is 0 Å². The first-order valence-electron chi connectivity index (χ1n) is 5.21. The number of carbonyl (C=O) groups is 1. The maximum absolute atomic E-state index is 11.6. The quantitative estimate of drug-likeness (QED) is 0.788. The second-order valence-electron chi connectivity index (χ2n) is 3.65. The summed E-state index contributed by atoms with van der Waals surface area (Å²) >= 11 is 4.70. The van der Waals surface area contributed by atoms with E-state index in [1.165, 1.54) is 0 Å². The van der Waals surface area contributed by atoms with Crippen LogP contribution in [0.2, 0.25) is 0 Å². The molecule has 0 aromatic heterocycles. The van der Waals surface area contributed by atoms with E-state index in [0.29, 0.717) is 0 Å². The maximum Gasteiger partial charge on any atom is 0.231 e. The lowest BCUT2D eigenvalue weighted by atomic mass is 10.1. The molecule has 0 atom stereocenters. The number of hydrogen-bond acceptors (Lipinski definition) is 2. The van der Waals surface area contributed by atoms with Gasteiger partial charge in [0, 0.05) is 5.69 Å². The van der Waals surface area contributed by atoms with Crippen molar-refractivity contribution < 1.29 is 4.79 Å². The van der Waals surface area contributed by atoms with Crippen LogP contribution in [0.1, 0.15) is 24.5 Å². The van der Waals surface area contributed by atoms with Gasteiger partial charge in [0.2, 0.25) is 5.91 Å². The second-order valence-corrected chi connectivity index (χ2v) is 4.18. The topological polar surface area (TPSA) is 55.1 Å². The summed E-state index contributed by atoms with van der Waals surface area (Å²) in [5, 5.41) is 2.85. The van der Waals surface area contributed by atoms with E-state index in [1.54, 1.807) is 0 Å². The molecule has 1 amide bonds. The Bertz CT molecular complexity index is 415. The van der Waals surface area contributed by atoms with E-state index in [-0.39, 0.29) is 17.3 Å². The van der Waals surface area contributed by atoms with E-state index in [4.69, 9.17) is 18.0 Å². The Labute approximate surface area is 101 Å². The fraction of sp³-hybridized carbons (Fsp3) is 0.333. The predicted molar refractivity (Wildman–Crippen MR) is 70.6 cm³/mol. The summed E-state index contributed by atoms with van der Waals surface area (Å²) in [6.45, 7) is 4.02. The van der Waals surface area contributed by atoms with Gasteiger partial charge in [-0.25, -0.2) is 0 Å². The molecule has 0 spiro atoms. The molecule has 0 saturated carbocycles. The Morgan fingerprint density at radius 1 is 1.50 bits per heavy atom. The molecule has 0 radical (unpaired) electrons. The van der Waals surface area contributed by atoms with Gasteiger partial charge in [0.25, 0.3) is 0 Å². The number of amides is 1. The highest BCUT2D eigenvalue weighted by atomic mass is 32.1. The van der Waals surface area contributed by atoms with Crippen LogP contribution >= 0.6 is 12.2 Å². The molecule has 3 nitrogen and oxygen atoms in total. The van der Waals surface area contributed by atoms with Gasteiger partial charge < -0.3 is 11.1 Å². The highest BCUT2D eigenvalue weighted by Crippen LogP contribution is 2.21. The van der Waals surface area contributed by atoms with Gasteiger partial charge in [-0.05, 0) is 24.5 Å². The van der Waals surface area contributed by atoms with Crippen molar-refractivity contribution in [3.8, 4) is 0 Å². The van der Waals surface area contributed by atoms with Crippen LogP contribution in [0.3, 0.4) is 0 Å². The molecule has 0 bridgehead atoms. The van der Waals surface area contributed by atoms with Gasteiger partial charge in [0.15, 0.2) is 0 Å². The zero-order chi connectivity index (χ0) is 12.1. The first kappa shape index (κ1) is 12.6. The molecule has 0 unspecified atom stereocenters. The number of nitrogens with two attached hydrogens (primary N) is 1. The van der Waals surface area contributed by atoms with Gasteiger partial charge >= 0.3 is 0 Å². The number of aryl methyl sites for hydroxylation is 2. The summed E-state index contributed by atoms with van der Waals surface area (Å²) in [7, 11) is 0. The lowest BCUT2D eigenvalue weighted by Crippen LogP contribution is -2.21. The minimum Gasteiger partial charge on any atom is -0.393 e. The van der Waals surface area contributed by atoms with Crippen molar-refractivity contribution in [1.82, 2.24) is 0 Å². The van der Waals surface area contributed by atoms with Crippen LogP contribution in [0.25, 0.3) is 0 Å². The normalized spacial score (nSPS) is 9.88. The zero-order valence-electron chi connectivity index (χ0n) is 9.54. The average Bonchev–Trinajstić information content (AvgIpc) is 2.20. The monoisotopic (exact) mass is 236 g/mol. The molecule has 1 rings (SSSR count). The van der Waals surface area contributed by atoms with E-state index >= 15 is 0 Å². The average molecular weight is 236 g/mol. The van der Waals surface area contributed by atoms with Crippen molar-refractivity contribution >= 4 is 28.8 Å². The molecule has 0 aliphatic rings. The molecule has 0 aliphatic heterocycles. The molecule has 3 N–H and O–H groups in total. The number of anilines is 1. The van der Waals surface area contributed by atoms with E-state index in [9.17, 15) is 4.79 Å². The van der Waals surface area contributed by atoms with Gasteiger partial charge in [-0.1, -0.05) is 37.3 Å². The Balaban J connectivity index is 2.87. The number of benzene rings is 1. The number of thiocarbonyl (C=S) groups is 1. The van der Waals surface area contributed by atoms with Crippen LogP contribution in [0.4, 0.5) is 5.69 Å². The Kier molecular flexibility index (Phi) is 4.43. The van der Waals surface area contributed by atoms with Crippen molar-refractivity contribution in [3.63, 3.8) is 0 Å². The minimum absolute atomic E-state index is 0.0901. The SMILES string of the molecule is CCc1cccc(C)c1NC(=O)CC(N)=S. The summed E-state index contributed by atoms with van der Waals surface area (Å²) < 4.78 is 0. The van der Waals surface area contributed by atoms with Crippen molar-refractivity contribution in [2.45, 2.75) is 26.7 Å². The van der Waals surface area contributed by atoms with Crippen LogP contribution in [0.5, 0.6) is 0 Å². The molecule has 4 heteroatoms. The van der Waals surface area contributed by atoms with Gasteiger partial charge in [0.05, 0.1) is 11.4 Å². The third kappa shape index (κ3) is 3.31. The van der Waals surface area contributed by atoms with Crippen molar-refractivity contribution in [2.24, 2.45) is 5.73 Å². The lowest BCUT2D eigenvalue weighted by molar-refractivity contribution is -0.115. The summed E-state index contributed by atoms with van der Waals surface area (Å²) in [5.41, 5.74) is 8.38. The van der Waals surface area contributed by atoms with Gasteiger partial charge in [-0.3, -0.25) is 4.79 Å². The Hall–Kier alpha value is -1.42. The lowest BCUT2D eigenvalue weighted by Gasteiger charge is -2.12. The summed E-state index contributed by atoms with van der Waals surface area (Å²) in [5.74, 6) is -0.156. The molecule has 0 heterocycles. The standard InChI is InChI=1S/C12H16N2OS/c1-3-9-6-4-5-8(2)12(9)14-11(15)7-10(13)16/h4-6H,3,7H2,1-2H3,(H2,13,16)(H,14,15). The molecular formula is C12H16N2OS. The first-order chi connectivity index (χ1) is 7.54. The number of hydrogen-bond donors (Lipinski definition) is 2. The smallest absolute Gasteiger partial charge is 0.231 e. The zero-order valence-corrected chi connectivity index (χ0v) is 10.4.